The number of aromatic nitrogens is 1. The monoisotopic (exact) mass is 276 g/mol. The molecule has 1 saturated heterocycles. The van der Waals surface area contributed by atoms with Crippen LogP contribution in [0.3, 0.4) is 0 Å². The van der Waals surface area contributed by atoms with E-state index in [0.29, 0.717) is 5.88 Å². The van der Waals surface area contributed by atoms with Gasteiger partial charge in [-0.05, 0) is 19.1 Å². The first-order chi connectivity index (χ1) is 9.28. The number of nitrogens with zero attached hydrogens (tertiary/aromatic N) is 2. The maximum absolute atomic E-state index is 6.09. The highest BCUT2D eigenvalue weighted by Crippen LogP contribution is 2.26. The second-order valence-electron chi connectivity index (χ2n) is 4.92. The fraction of sp³-hybridized carbons (Fsp3) is 0.400. The smallest absolute Gasteiger partial charge is 0.133 e. The Morgan fingerprint density at radius 1 is 1.42 bits per heavy atom. The van der Waals surface area contributed by atoms with Gasteiger partial charge in [-0.25, -0.2) is 4.98 Å². The quantitative estimate of drug-likeness (QED) is 0.788. The predicted molar refractivity (Wildman–Crippen MR) is 78.9 cm³/mol. The number of morpholine rings is 1. The summed E-state index contributed by atoms with van der Waals surface area (Å²) in [7, 11) is 0. The van der Waals surface area contributed by atoms with E-state index in [4.69, 9.17) is 21.3 Å². The van der Waals surface area contributed by atoms with E-state index in [1.807, 2.05) is 18.2 Å². The molecule has 100 valence electrons. The van der Waals surface area contributed by atoms with Crippen molar-refractivity contribution in [2.24, 2.45) is 0 Å². The Kier molecular flexibility index (Phi) is 3.58. The van der Waals surface area contributed by atoms with Gasteiger partial charge in [-0.3, -0.25) is 0 Å². The van der Waals surface area contributed by atoms with Crippen molar-refractivity contribution in [2.75, 3.05) is 24.6 Å². The SMILES string of the molecule is CC1CN(c2nc3ccccc3cc2CCl)CCO1. The number of para-hydroxylation sites is 1. The zero-order valence-electron chi connectivity index (χ0n) is 11.0. The number of pyridine rings is 1. The lowest BCUT2D eigenvalue weighted by atomic mass is 10.1. The van der Waals surface area contributed by atoms with Crippen LogP contribution in [0.2, 0.25) is 0 Å². The van der Waals surface area contributed by atoms with Crippen molar-refractivity contribution < 1.29 is 4.74 Å². The van der Waals surface area contributed by atoms with Gasteiger partial charge in [0.1, 0.15) is 5.82 Å². The molecule has 1 aliphatic rings. The number of anilines is 1. The maximum atomic E-state index is 6.09. The van der Waals surface area contributed by atoms with Gasteiger partial charge in [0.05, 0.1) is 24.1 Å². The lowest BCUT2D eigenvalue weighted by Gasteiger charge is -2.33. The Morgan fingerprint density at radius 3 is 3.05 bits per heavy atom. The molecule has 2 aromatic rings. The van der Waals surface area contributed by atoms with Gasteiger partial charge >= 0.3 is 0 Å². The molecule has 1 fully saturated rings. The van der Waals surface area contributed by atoms with Crippen LogP contribution in [0.25, 0.3) is 10.9 Å². The van der Waals surface area contributed by atoms with E-state index < -0.39 is 0 Å². The van der Waals surface area contributed by atoms with Crippen molar-refractivity contribution in [1.29, 1.82) is 0 Å². The number of benzene rings is 1. The third-order valence-electron chi connectivity index (χ3n) is 3.46. The Morgan fingerprint density at radius 2 is 2.26 bits per heavy atom. The van der Waals surface area contributed by atoms with Gasteiger partial charge in [0.2, 0.25) is 0 Å². The molecule has 0 spiro atoms. The molecular weight excluding hydrogens is 260 g/mol. The summed E-state index contributed by atoms with van der Waals surface area (Å²) in [5.41, 5.74) is 2.11. The van der Waals surface area contributed by atoms with E-state index in [1.54, 1.807) is 0 Å². The Bertz CT molecular complexity index is 587. The van der Waals surface area contributed by atoms with E-state index in [2.05, 4.69) is 24.0 Å². The number of hydrogen-bond acceptors (Lipinski definition) is 3. The molecule has 0 saturated carbocycles. The largest absolute Gasteiger partial charge is 0.375 e. The summed E-state index contributed by atoms with van der Waals surface area (Å²) < 4.78 is 5.59. The number of alkyl halides is 1. The van der Waals surface area contributed by atoms with Gasteiger partial charge in [0, 0.05) is 24.0 Å². The second-order valence-corrected chi connectivity index (χ2v) is 5.19. The van der Waals surface area contributed by atoms with E-state index in [9.17, 15) is 0 Å². The lowest BCUT2D eigenvalue weighted by molar-refractivity contribution is 0.0529. The normalized spacial score (nSPS) is 19.9. The summed E-state index contributed by atoms with van der Waals surface area (Å²) in [6.07, 6.45) is 0.241. The van der Waals surface area contributed by atoms with Crippen molar-refractivity contribution in [1.82, 2.24) is 4.98 Å². The molecule has 0 aliphatic carbocycles. The molecule has 1 atom stereocenters. The molecule has 1 aromatic heterocycles. The summed E-state index contributed by atoms with van der Waals surface area (Å²) in [5, 5.41) is 1.14. The summed E-state index contributed by atoms with van der Waals surface area (Å²) in [6, 6.07) is 10.3. The van der Waals surface area contributed by atoms with Crippen molar-refractivity contribution >= 4 is 28.3 Å². The average Bonchev–Trinajstić information content (AvgIpc) is 2.46. The highest BCUT2D eigenvalue weighted by molar-refractivity contribution is 6.17. The minimum absolute atomic E-state index is 0.241. The lowest BCUT2D eigenvalue weighted by Crippen LogP contribution is -2.42. The number of ether oxygens (including phenoxy) is 1. The van der Waals surface area contributed by atoms with Crippen LogP contribution >= 0.6 is 11.6 Å². The van der Waals surface area contributed by atoms with Gasteiger partial charge in [-0.2, -0.15) is 0 Å². The summed E-state index contributed by atoms with van der Waals surface area (Å²) >= 11 is 6.09. The number of halogens is 1. The Labute approximate surface area is 118 Å². The van der Waals surface area contributed by atoms with E-state index >= 15 is 0 Å². The highest BCUT2D eigenvalue weighted by atomic mass is 35.5. The molecule has 2 heterocycles. The predicted octanol–water partition coefficient (Wildman–Crippen LogP) is 3.20. The molecule has 0 radical (unpaired) electrons. The molecule has 19 heavy (non-hydrogen) atoms. The molecule has 3 nitrogen and oxygen atoms in total. The van der Waals surface area contributed by atoms with Crippen molar-refractivity contribution in [3.05, 3.63) is 35.9 Å². The van der Waals surface area contributed by atoms with E-state index in [0.717, 1.165) is 42.0 Å². The van der Waals surface area contributed by atoms with Crippen LogP contribution in [-0.4, -0.2) is 30.8 Å². The third-order valence-corrected chi connectivity index (χ3v) is 3.75. The first-order valence-corrected chi connectivity index (χ1v) is 7.12. The first-order valence-electron chi connectivity index (χ1n) is 6.59. The van der Waals surface area contributed by atoms with Crippen molar-refractivity contribution in [2.45, 2.75) is 18.9 Å². The first kappa shape index (κ1) is 12.7. The Hall–Kier alpha value is -1.32. The van der Waals surface area contributed by atoms with Crippen molar-refractivity contribution in [3.8, 4) is 0 Å². The van der Waals surface area contributed by atoms with Crippen LogP contribution in [0.5, 0.6) is 0 Å². The molecule has 0 amide bonds. The van der Waals surface area contributed by atoms with Crippen LogP contribution in [-0.2, 0) is 10.6 Å². The standard InChI is InChI=1S/C15H17ClN2O/c1-11-10-18(6-7-19-11)15-13(9-16)8-12-4-2-3-5-14(12)17-15/h2-5,8,11H,6-7,9-10H2,1H3. The molecular formula is C15H17ClN2O. The topological polar surface area (TPSA) is 25.4 Å². The van der Waals surface area contributed by atoms with Gasteiger partial charge in [-0.15, -0.1) is 11.6 Å². The minimum atomic E-state index is 0.241. The highest BCUT2D eigenvalue weighted by Gasteiger charge is 2.20. The van der Waals surface area contributed by atoms with Gasteiger partial charge in [0.25, 0.3) is 0 Å². The van der Waals surface area contributed by atoms with Crippen LogP contribution in [0.1, 0.15) is 12.5 Å². The van der Waals surface area contributed by atoms with E-state index in [-0.39, 0.29) is 6.10 Å². The average molecular weight is 277 g/mol. The van der Waals surface area contributed by atoms with Crippen LogP contribution in [0, 0.1) is 0 Å². The second kappa shape index (κ2) is 5.35. The van der Waals surface area contributed by atoms with Gasteiger partial charge < -0.3 is 9.64 Å². The summed E-state index contributed by atoms with van der Waals surface area (Å²) in [4.78, 5) is 7.07. The zero-order chi connectivity index (χ0) is 13.2. The molecule has 0 bridgehead atoms. The molecule has 1 aromatic carbocycles. The maximum Gasteiger partial charge on any atom is 0.133 e. The van der Waals surface area contributed by atoms with Gasteiger partial charge in [-0.1, -0.05) is 18.2 Å². The molecule has 1 unspecified atom stereocenters. The number of fused-ring (bicyclic) bond motifs is 1. The Balaban J connectivity index is 2.05. The zero-order valence-corrected chi connectivity index (χ0v) is 11.7. The van der Waals surface area contributed by atoms with Crippen LogP contribution < -0.4 is 4.90 Å². The molecule has 0 N–H and O–H groups in total. The van der Waals surface area contributed by atoms with Crippen LogP contribution in [0.4, 0.5) is 5.82 Å². The molecule has 3 rings (SSSR count). The summed E-state index contributed by atoms with van der Waals surface area (Å²) in [5.74, 6) is 1.49. The summed E-state index contributed by atoms with van der Waals surface area (Å²) in [6.45, 7) is 4.58. The minimum Gasteiger partial charge on any atom is -0.375 e. The fourth-order valence-electron chi connectivity index (χ4n) is 2.53. The van der Waals surface area contributed by atoms with Crippen LogP contribution in [0.15, 0.2) is 30.3 Å². The third kappa shape index (κ3) is 2.53. The van der Waals surface area contributed by atoms with Crippen molar-refractivity contribution in [3.63, 3.8) is 0 Å². The molecule has 4 heteroatoms. The fourth-order valence-corrected chi connectivity index (χ4v) is 2.73. The number of hydrogen-bond donors (Lipinski definition) is 0. The van der Waals surface area contributed by atoms with Gasteiger partial charge in [0.15, 0.2) is 0 Å². The molecule has 1 aliphatic heterocycles. The van der Waals surface area contributed by atoms with E-state index in [1.165, 1.54) is 0 Å². The number of rotatable bonds is 2.